The molecule has 0 fully saturated rings. The Bertz CT molecular complexity index is 724. The molecule has 1 heterocycles. The lowest BCUT2D eigenvalue weighted by atomic mass is 10.2. The third-order valence-electron chi connectivity index (χ3n) is 2.54. The van der Waals surface area contributed by atoms with Crippen LogP contribution in [0.3, 0.4) is 0 Å². The van der Waals surface area contributed by atoms with E-state index in [2.05, 4.69) is 20.9 Å². The zero-order valence-corrected chi connectivity index (χ0v) is 12.3. The van der Waals surface area contributed by atoms with E-state index >= 15 is 0 Å². The number of rotatable bonds is 3. The number of H-pyrrole nitrogens is 1. The average molecular weight is 346 g/mol. The molecule has 5 nitrogen and oxygen atoms in total. The molecule has 0 saturated heterocycles. The van der Waals surface area contributed by atoms with Crippen LogP contribution in [-0.2, 0) is 6.54 Å². The summed E-state index contributed by atoms with van der Waals surface area (Å²) < 4.78 is 7.24. The molecule has 1 aromatic heterocycles. The minimum absolute atomic E-state index is 0.0211. The summed E-state index contributed by atoms with van der Waals surface area (Å²) in [7, 11) is 1.58. The first-order chi connectivity index (χ1) is 9.01. The van der Waals surface area contributed by atoms with E-state index in [-0.39, 0.29) is 5.02 Å². The van der Waals surface area contributed by atoms with E-state index in [9.17, 15) is 9.59 Å². The average Bonchev–Trinajstić information content (AvgIpc) is 2.36. The van der Waals surface area contributed by atoms with Crippen LogP contribution in [0, 0.1) is 0 Å². The fraction of sp³-hybridized carbons (Fsp3) is 0.167. The Balaban J connectivity index is 2.36. The monoisotopic (exact) mass is 344 g/mol. The fourth-order valence-electron chi connectivity index (χ4n) is 1.61. The molecule has 0 spiro atoms. The molecule has 1 N–H and O–H groups in total. The van der Waals surface area contributed by atoms with Gasteiger partial charge in [0.15, 0.2) is 0 Å². The van der Waals surface area contributed by atoms with Crippen molar-refractivity contribution >= 4 is 27.5 Å². The van der Waals surface area contributed by atoms with Gasteiger partial charge >= 0.3 is 5.69 Å². The second-order valence-electron chi connectivity index (χ2n) is 3.83. The third kappa shape index (κ3) is 3.08. The molecule has 100 valence electrons. The number of hydrogen-bond acceptors (Lipinski definition) is 3. The highest BCUT2D eigenvalue weighted by Crippen LogP contribution is 2.25. The molecule has 0 bridgehead atoms. The van der Waals surface area contributed by atoms with Crippen LogP contribution in [0.5, 0.6) is 5.75 Å². The van der Waals surface area contributed by atoms with Crippen molar-refractivity contribution in [3.8, 4) is 5.75 Å². The van der Waals surface area contributed by atoms with Crippen molar-refractivity contribution < 1.29 is 4.74 Å². The highest BCUT2D eigenvalue weighted by molar-refractivity contribution is 9.10. The second kappa shape index (κ2) is 5.63. The molecule has 0 aliphatic heterocycles. The Labute approximate surface area is 121 Å². The van der Waals surface area contributed by atoms with Gasteiger partial charge in [0.25, 0.3) is 5.56 Å². The highest BCUT2D eigenvalue weighted by atomic mass is 79.9. The Morgan fingerprint density at radius 3 is 2.79 bits per heavy atom. The number of nitrogens with zero attached hydrogens (tertiary/aromatic N) is 1. The van der Waals surface area contributed by atoms with Crippen LogP contribution in [0.4, 0.5) is 0 Å². The Kier molecular flexibility index (Phi) is 4.11. The highest BCUT2D eigenvalue weighted by Gasteiger charge is 2.05. The smallest absolute Gasteiger partial charge is 0.328 e. The predicted octanol–water partition coefficient (Wildman–Crippen LogP) is 2.01. The predicted molar refractivity (Wildman–Crippen MR) is 76.1 cm³/mol. The number of methoxy groups -OCH3 is 1. The van der Waals surface area contributed by atoms with Gasteiger partial charge in [0.05, 0.1) is 18.1 Å². The van der Waals surface area contributed by atoms with Crippen LogP contribution in [0.1, 0.15) is 5.56 Å². The quantitative estimate of drug-likeness (QED) is 0.925. The summed E-state index contributed by atoms with van der Waals surface area (Å²) in [5.41, 5.74) is -0.210. The summed E-state index contributed by atoms with van der Waals surface area (Å²) >= 11 is 9.07. The van der Waals surface area contributed by atoms with Gasteiger partial charge in [-0.2, -0.15) is 0 Å². The van der Waals surface area contributed by atoms with Gasteiger partial charge in [-0.1, -0.05) is 17.7 Å². The van der Waals surface area contributed by atoms with Crippen molar-refractivity contribution in [1.29, 1.82) is 0 Å². The standard InChI is InChI=1S/C12H10BrClN2O3/c1-19-10-3-2-7(4-8(10)13)5-16-6-9(14)11(17)15-12(16)18/h2-4,6H,5H2,1H3,(H,15,17,18). The van der Waals surface area contributed by atoms with Gasteiger partial charge < -0.3 is 4.74 Å². The van der Waals surface area contributed by atoms with Crippen LogP contribution in [0.15, 0.2) is 38.5 Å². The third-order valence-corrected chi connectivity index (χ3v) is 3.43. The van der Waals surface area contributed by atoms with Crippen molar-refractivity contribution in [3.05, 3.63) is 60.3 Å². The van der Waals surface area contributed by atoms with Gasteiger partial charge in [0, 0.05) is 6.20 Å². The fourth-order valence-corrected chi connectivity index (χ4v) is 2.36. The molecule has 7 heteroatoms. The Morgan fingerprint density at radius 1 is 1.42 bits per heavy atom. The van der Waals surface area contributed by atoms with Crippen molar-refractivity contribution in [3.63, 3.8) is 0 Å². The lowest BCUT2D eigenvalue weighted by Crippen LogP contribution is -2.29. The van der Waals surface area contributed by atoms with Crippen molar-refractivity contribution in [1.82, 2.24) is 9.55 Å². The first-order valence-corrected chi connectivity index (χ1v) is 6.50. The second-order valence-corrected chi connectivity index (χ2v) is 5.09. The van der Waals surface area contributed by atoms with Gasteiger partial charge in [0.2, 0.25) is 0 Å². The normalized spacial score (nSPS) is 10.5. The summed E-state index contributed by atoms with van der Waals surface area (Å²) in [6.07, 6.45) is 1.32. The lowest BCUT2D eigenvalue weighted by Gasteiger charge is -2.08. The molecule has 0 aliphatic rings. The molecule has 2 rings (SSSR count). The molecular formula is C12H10BrClN2O3. The van der Waals surface area contributed by atoms with Crippen molar-refractivity contribution in [2.45, 2.75) is 6.54 Å². The molecule has 19 heavy (non-hydrogen) atoms. The molecule has 0 saturated carbocycles. The SMILES string of the molecule is COc1ccc(Cn2cc(Cl)c(=O)[nH]c2=O)cc1Br. The maximum Gasteiger partial charge on any atom is 0.328 e. The molecular weight excluding hydrogens is 335 g/mol. The van der Waals surface area contributed by atoms with E-state index in [4.69, 9.17) is 16.3 Å². The molecule has 0 unspecified atom stereocenters. The van der Waals surface area contributed by atoms with Gasteiger partial charge in [0.1, 0.15) is 10.8 Å². The maximum atomic E-state index is 11.6. The molecule has 0 amide bonds. The van der Waals surface area contributed by atoms with Gasteiger partial charge in [-0.25, -0.2) is 4.79 Å². The summed E-state index contributed by atoms with van der Waals surface area (Å²) in [4.78, 5) is 24.9. The number of halogens is 2. The van der Waals surface area contributed by atoms with E-state index in [1.54, 1.807) is 13.2 Å². The van der Waals surface area contributed by atoms with Gasteiger partial charge in [-0.05, 0) is 33.6 Å². The zero-order valence-electron chi connectivity index (χ0n) is 9.94. The summed E-state index contributed by atoms with van der Waals surface area (Å²) in [6, 6.07) is 5.46. The van der Waals surface area contributed by atoms with E-state index in [1.165, 1.54) is 10.8 Å². The van der Waals surface area contributed by atoms with E-state index in [0.29, 0.717) is 12.3 Å². The van der Waals surface area contributed by atoms with Gasteiger partial charge in [-0.15, -0.1) is 0 Å². The lowest BCUT2D eigenvalue weighted by molar-refractivity contribution is 0.412. The van der Waals surface area contributed by atoms with E-state index < -0.39 is 11.2 Å². The van der Waals surface area contributed by atoms with Crippen LogP contribution in [-0.4, -0.2) is 16.7 Å². The summed E-state index contributed by atoms with van der Waals surface area (Å²) in [6.45, 7) is 0.303. The molecule has 2 aromatic rings. The van der Waals surface area contributed by atoms with Crippen molar-refractivity contribution in [2.75, 3.05) is 7.11 Å². The zero-order chi connectivity index (χ0) is 14.0. The van der Waals surface area contributed by atoms with Gasteiger partial charge in [-0.3, -0.25) is 14.3 Å². The first-order valence-electron chi connectivity index (χ1n) is 5.33. The molecule has 1 aromatic carbocycles. The van der Waals surface area contributed by atoms with Crippen LogP contribution < -0.4 is 16.0 Å². The molecule has 0 aliphatic carbocycles. The summed E-state index contributed by atoms with van der Waals surface area (Å²) in [5, 5.41) is -0.0211. The largest absolute Gasteiger partial charge is 0.496 e. The topological polar surface area (TPSA) is 64.1 Å². The number of nitrogens with one attached hydrogen (secondary N) is 1. The minimum Gasteiger partial charge on any atom is -0.496 e. The first kappa shape index (κ1) is 13.9. The number of aromatic nitrogens is 2. The minimum atomic E-state index is -0.584. The maximum absolute atomic E-state index is 11.6. The van der Waals surface area contributed by atoms with Crippen LogP contribution >= 0.6 is 27.5 Å². The Morgan fingerprint density at radius 2 is 2.16 bits per heavy atom. The Hall–Kier alpha value is -1.53. The summed E-state index contributed by atoms with van der Waals surface area (Å²) in [5.74, 6) is 0.704. The molecule has 0 atom stereocenters. The van der Waals surface area contributed by atoms with E-state index in [1.807, 2.05) is 12.1 Å². The van der Waals surface area contributed by atoms with E-state index in [0.717, 1.165) is 10.0 Å². The van der Waals surface area contributed by atoms with Crippen LogP contribution in [0.2, 0.25) is 5.02 Å². The number of benzene rings is 1. The number of aromatic amines is 1. The van der Waals surface area contributed by atoms with Crippen molar-refractivity contribution in [2.24, 2.45) is 0 Å². The molecule has 0 radical (unpaired) electrons. The van der Waals surface area contributed by atoms with Crippen LogP contribution in [0.25, 0.3) is 0 Å². The number of ether oxygens (including phenoxy) is 1. The number of hydrogen-bond donors (Lipinski definition) is 1.